The van der Waals surface area contributed by atoms with Crippen molar-refractivity contribution in [2.45, 2.75) is 32.2 Å². The lowest BCUT2D eigenvalue weighted by Crippen LogP contribution is -2.44. The lowest BCUT2D eigenvalue weighted by molar-refractivity contribution is -0.137. The summed E-state index contributed by atoms with van der Waals surface area (Å²) in [5.41, 5.74) is 0.180. The van der Waals surface area contributed by atoms with Gasteiger partial charge in [0.25, 0.3) is 5.91 Å². The zero-order chi connectivity index (χ0) is 18.4. The van der Waals surface area contributed by atoms with Gasteiger partial charge in [0.1, 0.15) is 11.3 Å². The van der Waals surface area contributed by atoms with Gasteiger partial charge < -0.3 is 23.8 Å². The average Bonchev–Trinajstić information content (AvgIpc) is 2.64. The first kappa shape index (κ1) is 18.9. The molecule has 7 heteroatoms. The third kappa shape index (κ3) is 4.35. The Labute approximate surface area is 147 Å². The molecule has 0 N–H and O–H groups in total. The largest absolute Gasteiger partial charge is 0.496 e. The molecule has 1 aromatic carbocycles. The zero-order valence-corrected chi connectivity index (χ0v) is 15.2. The van der Waals surface area contributed by atoms with Gasteiger partial charge in [0.2, 0.25) is 0 Å². The molecule has 1 aliphatic rings. The minimum atomic E-state index is -0.643. The van der Waals surface area contributed by atoms with Crippen LogP contribution >= 0.6 is 0 Å². The summed E-state index contributed by atoms with van der Waals surface area (Å²) in [6.07, 6.45) is 3.07. The van der Waals surface area contributed by atoms with Gasteiger partial charge in [-0.1, -0.05) is 0 Å². The predicted molar refractivity (Wildman–Crippen MR) is 91.4 cm³/mol. The highest BCUT2D eigenvalue weighted by Crippen LogP contribution is 2.34. The number of rotatable bonds is 6. The van der Waals surface area contributed by atoms with E-state index in [0.29, 0.717) is 23.8 Å². The van der Waals surface area contributed by atoms with Crippen molar-refractivity contribution in [1.29, 1.82) is 0 Å². The molecule has 25 heavy (non-hydrogen) atoms. The molecular weight excluding hydrogens is 326 g/mol. The fourth-order valence-corrected chi connectivity index (χ4v) is 2.95. The van der Waals surface area contributed by atoms with Crippen LogP contribution in [0.4, 0.5) is 0 Å². The van der Waals surface area contributed by atoms with E-state index in [0.717, 1.165) is 19.3 Å². The van der Waals surface area contributed by atoms with Crippen molar-refractivity contribution in [3.63, 3.8) is 0 Å². The van der Waals surface area contributed by atoms with Crippen molar-refractivity contribution in [3.05, 3.63) is 17.7 Å². The monoisotopic (exact) mass is 351 g/mol. The second-order valence-electron chi connectivity index (χ2n) is 5.92. The Morgan fingerprint density at radius 2 is 1.68 bits per heavy atom. The number of carbonyl (C=O) groups excluding carboxylic acids is 2. The molecule has 0 aromatic heterocycles. The number of benzene rings is 1. The van der Waals surface area contributed by atoms with E-state index >= 15 is 0 Å². The lowest BCUT2D eigenvalue weighted by Gasteiger charge is -2.33. The molecule has 1 atom stereocenters. The summed E-state index contributed by atoms with van der Waals surface area (Å²) in [5, 5.41) is 0. The highest BCUT2D eigenvalue weighted by atomic mass is 16.5. The van der Waals surface area contributed by atoms with E-state index in [1.807, 2.05) is 6.92 Å². The maximum absolute atomic E-state index is 12.4. The first-order valence-electron chi connectivity index (χ1n) is 8.28. The highest BCUT2D eigenvalue weighted by molar-refractivity contribution is 5.95. The Kier molecular flexibility index (Phi) is 6.50. The molecule has 138 valence electrons. The topological polar surface area (TPSA) is 74.3 Å². The van der Waals surface area contributed by atoms with E-state index in [-0.39, 0.29) is 24.1 Å². The Morgan fingerprint density at radius 1 is 1.04 bits per heavy atom. The van der Waals surface area contributed by atoms with Crippen molar-refractivity contribution in [3.8, 4) is 17.2 Å². The third-order valence-electron chi connectivity index (χ3n) is 4.38. The molecule has 1 fully saturated rings. The van der Waals surface area contributed by atoms with Gasteiger partial charge in [-0.3, -0.25) is 4.79 Å². The molecule has 1 heterocycles. The number of methoxy groups -OCH3 is 3. The van der Waals surface area contributed by atoms with E-state index in [1.165, 1.54) is 27.4 Å². The number of ether oxygens (including phenoxy) is 4. The number of esters is 1. The van der Waals surface area contributed by atoms with Crippen LogP contribution in [0.3, 0.4) is 0 Å². The van der Waals surface area contributed by atoms with Crippen LogP contribution in [-0.4, -0.2) is 57.3 Å². The Balaban J connectivity index is 2.08. The Morgan fingerprint density at radius 3 is 2.28 bits per heavy atom. The van der Waals surface area contributed by atoms with Crippen LogP contribution in [0.25, 0.3) is 0 Å². The van der Waals surface area contributed by atoms with Crippen LogP contribution in [0.15, 0.2) is 12.1 Å². The molecule has 0 spiro atoms. The Bertz CT molecular complexity index is 630. The maximum atomic E-state index is 12.4. The SMILES string of the molecule is COc1cc(OC)c(C(=O)OCC(=O)N2CCCCC2C)cc1OC. The van der Waals surface area contributed by atoms with Gasteiger partial charge in [0, 0.05) is 24.7 Å². The van der Waals surface area contributed by atoms with Crippen LogP contribution in [0.1, 0.15) is 36.5 Å². The Hall–Kier alpha value is -2.44. The third-order valence-corrected chi connectivity index (χ3v) is 4.38. The van der Waals surface area contributed by atoms with Gasteiger partial charge in [-0.05, 0) is 26.2 Å². The van der Waals surface area contributed by atoms with E-state index in [2.05, 4.69) is 0 Å². The van der Waals surface area contributed by atoms with Gasteiger partial charge in [0.15, 0.2) is 18.1 Å². The molecule has 7 nitrogen and oxygen atoms in total. The minimum Gasteiger partial charge on any atom is -0.496 e. The zero-order valence-electron chi connectivity index (χ0n) is 15.2. The fraction of sp³-hybridized carbons (Fsp3) is 0.556. The van der Waals surface area contributed by atoms with E-state index in [4.69, 9.17) is 18.9 Å². The normalized spacial score (nSPS) is 17.0. The standard InChI is InChI=1S/C18H25NO6/c1-12-7-5-6-8-19(12)17(20)11-25-18(21)13-9-15(23-3)16(24-4)10-14(13)22-2/h9-10,12H,5-8,11H2,1-4H3. The van der Waals surface area contributed by atoms with Crippen molar-refractivity contribution in [2.24, 2.45) is 0 Å². The second kappa shape index (κ2) is 8.60. The summed E-state index contributed by atoms with van der Waals surface area (Å²) in [4.78, 5) is 26.5. The maximum Gasteiger partial charge on any atom is 0.342 e. The molecule has 1 aromatic rings. The summed E-state index contributed by atoms with van der Waals surface area (Å²) in [6.45, 7) is 2.42. The summed E-state index contributed by atoms with van der Waals surface area (Å²) in [5.74, 6) is 0.289. The summed E-state index contributed by atoms with van der Waals surface area (Å²) in [6, 6.07) is 3.20. The van der Waals surface area contributed by atoms with Gasteiger partial charge in [-0.2, -0.15) is 0 Å². The molecule has 2 rings (SSSR count). The van der Waals surface area contributed by atoms with Crippen LogP contribution in [0.2, 0.25) is 0 Å². The van der Waals surface area contributed by atoms with Gasteiger partial charge in [0.05, 0.1) is 21.3 Å². The minimum absolute atomic E-state index is 0.176. The highest BCUT2D eigenvalue weighted by Gasteiger charge is 2.25. The van der Waals surface area contributed by atoms with E-state index < -0.39 is 5.97 Å². The number of nitrogens with zero attached hydrogens (tertiary/aromatic N) is 1. The van der Waals surface area contributed by atoms with Gasteiger partial charge in [-0.25, -0.2) is 4.79 Å². The van der Waals surface area contributed by atoms with Crippen molar-refractivity contribution < 1.29 is 28.5 Å². The number of hydrogen-bond acceptors (Lipinski definition) is 6. The molecule has 0 aliphatic carbocycles. The van der Waals surface area contributed by atoms with Gasteiger partial charge >= 0.3 is 5.97 Å². The molecular formula is C18H25NO6. The van der Waals surface area contributed by atoms with Crippen LogP contribution in [0.5, 0.6) is 17.2 Å². The summed E-state index contributed by atoms with van der Waals surface area (Å²) >= 11 is 0. The number of likely N-dealkylation sites (tertiary alicyclic amines) is 1. The molecule has 1 aliphatic heterocycles. The molecule has 0 bridgehead atoms. The summed E-state index contributed by atoms with van der Waals surface area (Å²) < 4.78 is 20.8. The summed E-state index contributed by atoms with van der Waals surface area (Å²) in [7, 11) is 4.41. The van der Waals surface area contributed by atoms with Gasteiger partial charge in [-0.15, -0.1) is 0 Å². The van der Waals surface area contributed by atoms with E-state index in [9.17, 15) is 9.59 Å². The second-order valence-corrected chi connectivity index (χ2v) is 5.92. The average molecular weight is 351 g/mol. The van der Waals surface area contributed by atoms with Crippen LogP contribution in [0, 0.1) is 0 Å². The number of hydrogen-bond donors (Lipinski definition) is 0. The molecule has 1 saturated heterocycles. The first-order chi connectivity index (χ1) is 12.0. The smallest absolute Gasteiger partial charge is 0.342 e. The molecule has 0 saturated carbocycles. The first-order valence-corrected chi connectivity index (χ1v) is 8.28. The molecule has 1 unspecified atom stereocenters. The van der Waals surface area contributed by atoms with Crippen molar-refractivity contribution in [1.82, 2.24) is 4.90 Å². The van der Waals surface area contributed by atoms with Crippen molar-refractivity contribution in [2.75, 3.05) is 34.5 Å². The molecule has 1 amide bonds. The number of amides is 1. The number of piperidine rings is 1. The van der Waals surface area contributed by atoms with E-state index in [1.54, 1.807) is 11.0 Å². The van der Waals surface area contributed by atoms with Crippen LogP contribution < -0.4 is 14.2 Å². The fourth-order valence-electron chi connectivity index (χ4n) is 2.95. The predicted octanol–water partition coefficient (Wildman–Crippen LogP) is 2.27. The van der Waals surface area contributed by atoms with Crippen LogP contribution in [-0.2, 0) is 9.53 Å². The van der Waals surface area contributed by atoms with Crippen molar-refractivity contribution >= 4 is 11.9 Å². The molecule has 0 radical (unpaired) electrons. The quantitative estimate of drug-likeness (QED) is 0.732. The number of carbonyl (C=O) groups is 2. The lowest BCUT2D eigenvalue weighted by atomic mass is 10.0.